The minimum atomic E-state index is -1.78. The number of allylic oxidation sites excluding steroid dienone is 1. The van der Waals surface area contributed by atoms with Crippen molar-refractivity contribution in [3.63, 3.8) is 0 Å². The quantitative estimate of drug-likeness (QED) is 0.1000. The number of alkyl carbamates (subject to hydrolysis) is 1. The van der Waals surface area contributed by atoms with Crippen molar-refractivity contribution in [3.8, 4) is 0 Å². The molecule has 14 nitrogen and oxygen atoms in total. The Labute approximate surface area is 371 Å². The second kappa shape index (κ2) is 20.7. The van der Waals surface area contributed by atoms with E-state index in [2.05, 4.69) is 22.1 Å². The lowest BCUT2D eigenvalue weighted by atomic mass is 9.75. The summed E-state index contributed by atoms with van der Waals surface area (Å²) in [5, 5.41) is 7.09. The van der Waals surface area contributed by atoms with E-state index in [4.69, 9.17) is 58.7 Å². The van der Waals surface area contributed by atoms with Gasteiger partial charge in [0.1, 0.15) is 24.3 Å². The molecule has 3 heterocycles. The predicted octanol–water partition coefficient (Wildman–Crippen LogP) is 8.22. The van der Waals surface area contributed by atoms with Crippen LogP contribution in [0.4, 0.5) is 9.59 Å². The number of halogens is 3. The van der Waals surface area contributed by atoms with E-state index in [9.17, 15) is 24.0 Å². The van der Waals surface area contributed by atoms with Crippen LogP contribution >= 0.6 is 46.6 Å². The second-order valence-electron chi connectivity index (χ2n) is 17.4. The van der Waals surface area contributed by atoms with Crippen molar-refractivity contribution in [3.05, 3.63) is 47.7 Å². The average molecular weight is 915 g/mol. The molecule has 0 spiro atoms. The molecule has 4 rings (SSSR count). The third-order valence-electron chi connectivity index (χ3n) is 9.82. The monoisotopic (exact) mass is 913 g/mol. The summed E-state index contributed by atoms with van der Waals surface area (Å²) in [6.45, 7) is 16.7. The first-order valence-electron chi connectivity index (χ1n) is 20.0. The number of carbonyl (C=O) groups is 5. The molecule has 5 atom stereocenters. The number of ether oxygens (including phenoxy) is 4. The van der Waals surface area contributed by atoms with Crippen LogP contribution in [0.3, 0.4) is 0 Å². The highest BCUT2D eigenvalue weighted by Gasteiger charge is 2.41. The summed E-state index contributed by atoms with van der Waals surface area (Å²) in [7, 11) is 0. The molecule has 1 aromatic carbocycles. The topological polar surface area (TPSA) is 174 Å². The lowest BCUT2D eigenvalue weighted by molar-refractivity contribution is -0.153. The van der Waals surface area contributed by atoms with Gasteiger partial charge in [-0.15, -0.1) is 0 Å². The number of hydrogen-bond donors (Lipinski definition) is 3. The molecule has 0 radical (unpaired) electrons. The Hall–Kier alpha value is -3.34. The van der Waals surface area contributed by atoms with Gasteiger partial charge < -0.3 is 29.6 Å². The van der Waals surface area contributed by atoms with Crippen LogP contribution in [0.2, 0.25) is 0 Å². The Morgan fingerprint density at radius 2 is 1.77 bits per heavy atom. The number of hydrazine groups is 1. The van der Waals surface area contributed by atoms with Gasteiger partial charge in [0.15, 0.2) is 6.10 Å². The standard InChI is InChI=1S/C42H58Cl3N5O9S/c1-25(2)33(34(51)46-27(4)35(52)50-19-10-11-31(49-50)36(53)56-23-42(43,44)45)58-38(55)60-24-41(18-20-57-40(8,9)22-41)17-16-28-12-13-29-14-15-30(48-32(29)21-28)26(3)47-37(54)59-39(5,6)7/h12-17,21,25-27,31,33,49H,10-11,18-20,22-24H2,1-9H3,(H,46,51)(H,47,54)/b17-16+/t26-,27+,31+,33+,41?/m1/s1. The number of esters is 1. The number of nitrogens with zero attached hydrogens (tertiary/aromatic N) is 2. The van der Waals surface area contributed by atoms with E-state index in [1.54, 1.807) is 13.8 Å². The highest BCUT2D eigenvalue weighted by Crippen LogP contribution is 2.43. The van der Waals surface area contributed by atoms with Gasteiger partial charge >= 0.3 is 17.4 Å². The lowest BCUT2D eigenvalue weighted by Crippen LogP contribution is -2.60. The molecular formula is C42H58Cl3N5O9S. The van der Waals surface area contributed by atoms with Gasteiger partial charge in [0.05, 0.1) is 22.9 Å². The molecule has 3 amide bonds. The summed E-state index contributed by atoms with van der Waals surface area (Å²) >= 11 is 18.1. The number of rotatable bonds is 13. The molecule has 0 aliphatic carbocycles. The molecule has 1 aromatic heterocycles. The predicted molar refractivity (Wildman–Crippen MR) is 235 cm³/mol. The normalized spacial score (nSPS) is 21.2. The minimum absolute atomic E-state index is 0.289. The van der Waals surface area contributed by atoms with Gasteiger partial charge in [0.2, 0.25) is 3.79 Å². The van der Waals surface area contributed by atoms with Crippen LogP contribution in [0.5, 0.6) is 0 Å². The number of amides is 3. The van der Waals surface area contributed by atoms with Crippen LogP contribution in [0, 0.1) is 11.3 Å². The number of aromatic nitrogens is 1. The third kappa shape index (κ3) is 15.2. The number of carbonyl (C=O) groups excluding carboxylic acids is 5. The molecular weight excluding hydrogens is 857 g/mol. The lowest BCUT2D eigenvalue weighted by Gasteiger charge is -2.43. The van der Waals surface area contributed by atoms with E-state index in [-0.39, 0.29) is 12.6 Å². The molecule has 2 aliphatic heterocycles. The fraction of sp³-hybridized carbons (Fsp3) is 0.619. The maximum Gasteiger partial charge on any atom is 0.408 e. The van der Waals surface area contributed by atoms with Crippen molar-refractivity contribution in [2.75, 3.05) is 25.5 Å². The number of pyridine rings is 1. The van der Waals surface area contributed by atoms with E-state index in [1.165, 1.54) is 11.9 Å². The first-order chi connectivity index (χ1) is 27.8. The molecule has 2 saturated heterocycles. The number of hydrogen-bond acceptors (Lipinski definition) is 12. The highest BCUT2D eigenvalue weighted by atomic mass is 35.6. The minimum Gasteiger partial charge on any atom is -0.460 e. The average Bonchev–Trinajstić information content (AvgIpc) is 3.15. The summed E-state index contributed by atoms with van der Waals surface area (Å²) in [6, 6.07) is 7.58. The third-order valence-corrected chi connectivity index (χ3v) is 11.2. The van der Waals surface area contributed by atoms with Crippen LogP contribution in [0.25, 0.3) is 17.0 Å². The van der Waals surface area contributed by atoms with Gasteiger partial charge in [-0.05, 0) is 110 Å². The van der Waals surface area contributed by atoms with Crippen molar-refractivity contribution in [2.45, 2.75) is 127 Å². The zero-order chi connectivity index (χ0) is 44.6. The molecule has 2 fully saturated rings. The maximum absolute atomic E-state index is 13.5. The van der Waals surface area contributed by atoms with Gasteiger partial charge in [-0.3, -0.25) is 24.4 Å². The molecule has 0 bridgehead atoms. The number of alkyl halides is 3. The van der Waals surface area contributed by atoms with Crippen molar-refractivity contribution < 1.29 is 42.9 Å². The number of fused-ring (bicyclic) bond motifs is 1. The Morgan fingerprint density at radius 3 is 2.42 bits per heavy atom. The fourth-order valence-electron chi connectivity index (χ4n) is 6.95. The van der Waals surface area contributed by atoms with Crippen LogP contribution in [0.15, 0.2) is 36.4 Å². The molecule has 332 valence electrons. The van der Waals surface area contributed by atoms with Crippen molar-refractivity contribution in [1.29, 1.82) is 0 Å². The summed E-state index contributed by atoms with van der Waals surface area (Å²) in [5.74, 6) is -1.83. The fourth-order valence-corrected chi connectivity index (χ4v) is 8.03. The van der Waals surface area contributed by atoms with Gasteiger partial charge in [-0.25, -0.2) is 15.0 Å². The van der Waals surface area contributed by atoms with Crippen LogP contribution in [-0.4, -0.2) is 97.9 Å². The van der Waals surface area contributed by atoms with E-state index in [0.717, 1.165) is 28.2 Å². The Kier molecular flexibility index (Phi) is 17.0. The first kappa shape index (κ1) is 49.3. The second-order valence-corrected chi connectivity index (χ2v) is 20.8. The highest BCUT2D eigenvalue weighted by molar-refractivity contribution is 8.13. The number of nitrogens with one attached hydrogen (secondary N) is 3. The Bertz CT molecular complexity index is 1900. The van der Waals surface area contributed by atoms with Gasteiger partial charge in [-0.2, -0.15) is 0 Å². The van der Waals surface area contributed by atoms with E-state index in [1.807, 2.05) is 78.0 Å². The van der Waals surface area contributed by atoms with E-state index < -0.39 is 80.3 Å². The zero-order valence-electron chi connectivity index (χ0n) is 35.7. The van der Waals surface area contributed by atoms with Gasteiger partial charge in [0, 0.05) is 29.7 Å². The van der Waals surface area contributed by atoms with Crippen molar-refractivity contribution in [2.24, 2.45) is 11.3 Å². The molecule has 1 unspecified atom stereocenters. The molecule has 60 heavy (non-hydrogen) atoms. The van der Waals surface area contributed by atoms with Crippen LogP contribution < -0.4 is 16.1 Å². The van der Waals surface area contributed by atoms with E-state index in [0.29, 0.717) is 43.7 Å². The Morgan fingerprint density at radius 1 is 1.07 bits per heavy atom. The molecule has 18 heteroatoms. The number of benzene rings is 1. The van der Waals surface area contributed by atoms with E-state index >= 15 is 0 Å². The first-order valence-corrected chi connectivity index (χ1v) is 22.1. The summed E-state index contributed by atoms with van der Waals surface area (Å²) in [6.07, 6.45) is 4.63. The molecule has 2 aliphatic rings. The van der Waals surface area contributed by atoms with Gasteiger partial charge in [0.25, 0.3) is 11.8 Å². The van der Waals surface area contributed by atoms with Gasteiger partial charge in [-0.1, -0.05) is 79.0 Å². The van der Waals surface area contributed by atoms with Crippen molar-refractivity contribution >= 4 is 92.7 Å². The van der Waals surface area contributed by atoms with Crippen LogP contribution in [-0.2, 0) is 33.3 Å². The molecule has 2 aromatic rings. The Balaban J connectivity index is 1.40. The summed E-state index contributed by atoms with van der Waals surface area (Å²) < 4.78 is 20.5. The zero-order valence-corrected chi connectivity index (χ0v) is 38.8. The smallest absolute Gasteiger partial charge is 0.408 e. The SMILES string of the molecule is CC(C)[C@H](OC(=O)SCC1(/C=C/c2ccc3ccc([C@@H](C)NC(=O)OC(C)(C)C)nc3c2)CCOC(C)(C)C1)C(=O)N[C@@H](C)C(=O)N1CCC[C@@H](C(=O)OCC(Cl)(Cl)Cl)N1. The molecule has 3 N–H and O–H groups in total. The largest absolute Gasteiger partial charge is 0.460 e. The van der Waals surface area contributed by atoms with Crippen LogP contribution in [0.1, 0.15) is 105 Å². The van der Waals surface area contributed by atoms with Crippen molar-refractivity contribution in [1.82, 2.24) is 26.1 Å². The molecule has 0 saturated carbocycles. The summed E-state index contributed by atoms with van der Waals surface area (Å²) in [5.41, 5.74) is 3.66. The summed E-state index contributed by atoms with van der Waals surface area (Å²) in [4.78, 5) is 70.0. The number of thioether (sulfide) groups is 1. The maximum atomic E-state index is 13.5.